The van der Waals surface area contributed by atoms with Gasteiger partial charge in [-0.05, 0) is 6.42 Å². The molecule has 0 spiro atoms. The number of hydrogen-bond donors (Lipinski definition) is 1. The van der Waals surface area contributed by atoms with Crippen molar-refractivity contribution in [2.75, 3.05) is 6.54 Å². The third-order valence-electron chi connectivity index (χ3n) is 2.81. The molecule has 0 amide bonds. The first kappa shape index (κ1) is 16.9. The van der Waals surface area contributed by atoms with E-state index in [4.69, 9.17) is 0 Å². The maximum absolute atomic E-state index is 10.2. The van der Waals surface area contributed by atoms with Crippen LogP contribution in [0.5, 0.6) is 0 Å². The Hall–Kier alpha value is -0.130. The molecule has 0 aliphatic carbocycles. The first-order chi connectivity index (χ1) is 8.06. The molecule has 0 aliphatic rings. The van der Waals surface area contributed by atoms with Crippen LogP contribution in [-0.2, 0) is 10.3 Å². The summed E-state index contributed by atoms with van der Waals surface area (Å²) in [5.41, 5.74) is 0. The van der Waals surface area contributed by atoms with E-state index in [1.54, 1.807) is 0 Å². The first-order valence-electron chi connectivity index (χ1n) is 6.76. The molecule has 104 valence electrons. The summed E-state index contributed by atoms with van der Waals surface area (Å²) in [6.45, 7) is 2.50. The Labute approximate surface area is 106 Å². The number of nitrogens with one attached hydrogen (secondary N) is 1. The van der Waals surface area contributed by atoms with Crippen LogP contribution in [0.1, 0.15) is 71.1 Å². The summed E-state index contributed by atoms with van der Waals surface area (Å²) >= 11 is 0. The van der Waals surface area contributed by atoms with Crippen molar-refractivity contribution in [2.24, 2.45) is 0 Å². The molecule has 0 heterocycles. The van der Waals surface area contributed by atoms with Crippen molar-refractivity contribution < 1.29 is 13.0 Å². The van der Waals surface area contributed by atoms with E-state index < -0.39 is 10.3 Å². The molecule has 0 rings (SSSR count). The minimum atomic E-state index is -4.23. The van der Waals surface area contributed by atoms with Crippen molar-refractivity contribution >= 4 is 10.3 Å². The van der Waals surface area contributed by atoms with E-state index in [-0.39, 0.29) is 6.54 Å². The van der Waals surface area contributed by atoms with Gasteiger partial charge < -0.3 is 4.55 Å². The lowest BCUT2D eigenvalue weighted by atomic mass is 10.1. The molecule has 0 saturated heterocycles. The van der Waals surface area contributed by atoms with Crippen LogP contribution in [0.15, 0.2) is 0 Å². The molecule has 0 aromatic carbocycles. The van der Waals surface area contributed by atoms with Gasteiger partial charge >= 0.3 is 0 Å². The van der Waals surface area contributed by atoms with Gasteiger partial charge in [-0.25, -0.2) is 13.1 Å². The van der Waals surface area contributed by atoms with Gasteiger partial charge in [0, 0.05) is 6.54 Å². The van der Waals surface area contributed by atoms with Crippen LogP contribution in [0.4, 0.5) is 0 Å². The van der Waals surface area contributed by atoms with E-state index in [9.17, 15) is 13.0 Å². The van der Waals surface area contributed by atoms with Gasteiger partial charge in [-0.15, -0.1) is 0 Å². The van der Waals surface area contributed by atoms with Crippen LogP contribution >= 0.6 is 0 Å². The Morgan fingerprint density at radius 1 is 0.824 bits per heavy atom. The minimum Gasteiger partial charge on any atom is -0.735 e. The Balaban J connectivity index is 3.04. The van der Waals surface area contributed by atoms with Gasteiger partial charge in [0.1, 0.15) is 0 Å². The standard InChI is InChI=1S/C12H27NO3S/c1-2-3-4-5-6-7-8-9-10-11-12-13-17(14,15)16/h13H,2-12H2,1H3,(H,14,15,16)/p-1. The molecule has 0 atom stereocenters. The lowest BCUT2D eigenvalue weighted by Gasteiger charge is -2.08. The molecule has 0 saturated carbocycles. The predicted octanol–water partition coefficient (Wildman–Crippen LogP) is 2.96. The second-order valence-corrected chi connectivity index (χ2v) is 5.73. The SMILES string of the molecule is CCCCCCCCCCCCNS(=O)(=O)[O-]. The van der Waals surface area contributed by atoms with Crippen molar-refractivity contribution in [3.05, 3.63) is 0 Å². The van der Waals surface area contributed by atoms with E-state index in [0.717, 1.165) is 19.3 Å². The van der Waals surface area contributed by atoms with Crippen molar-refractivity contribution in [1.82, 2.24) is 4.72 Å². The highest BCUT2D eigenvalue weighted by Gasteiger charge is 1.94. The molecule has 0 aromatic rings. The highest BCUT2D eigenvalue weighted by molar-refractivity contribution is 7.83. The number of unbranched alkanes of at least 4 members (excludes halogenated alkanes) is 9. The van der Waals surface area contributed by atoms with Gasteiger partial charge in [-0.2, -0.15) is 0 Å². The fraction of sp³-hybridized carbons (Fsp3) is 1.00. The van der Waals surface area contributed by atoms with Crippen LogP contribution in [0, 0.1) is 0 Å². The summed E-state index contributed by atoms with van der Waals surface area (Å²) in [6.07, 6.45) is 12.0. The summed E-state index contributed by atoms with van der Waals surface area (Å²) in [4.78, 5) is 0. The van der Waals surface area contributed by atoms with Crippen LogP contribution in [0.25, 0.3) is 0 Å². The zero-order chi connectivity index (χ0) is 13.0. The van der Waals surface area contributed by atoms with Gasteiger partial charge in [0.25, 0.3) is 0 Å². The third-order valence-corrected chi connectivity index (χ3v) is 3.37. The minimum absolute atomic E-state index is 0.280. The van der Waals surface area contributed by atoms with Crippen LogP contribution in [0.2, 0.25) is 0 Å². The van der Waals surface area contributed by atoms with Crippen LogP contribution in [0.3, 0.4) is 0 Å². The summed E-state index contributed by atoms with van der Waals surface area (Å²) in [6, 6.07) is 0. The van der Waals surface area contributed by atoms with Gasteiger partial charge in [-0.1, -0.05) is 64.7 Å². The second kappa shape index (κ2) is 11.0. The molecule has 0 aliphatic heterocycles. The maximum Gasteiger partial charge on any atom is 0.159 e. The van der Waals surface area contributed by atoms with Crippen molar-refractivity contribution in [2.45, 2.75) is 71.1 Å². The molecular formula is C12H26NO3S-. The van der Waals surface area contributed by atoms with Gasteiger partial charge in [0.15, 0.2) is 10.3 Å². The Bertz CT molecular complexity index is 252. The lowest BCUT2D eigenvalue weighted by molar-refractivity contribution is 0.446. The van der Waals surface area contributed by atoms with E-state index in [1.807, 2.05) is 4.72 Å². The molecule has 17 heavy (non-hydrogen) atoms. The Morgan fingerprint density at radius 3 is 1.65 bits per heavy atom. The quantitative estimate of drug-likeness (QED) is 0.435. The summed E-state index contributed by atoms with van der Waals surface area (Å²) < 4.78 is 32.6. The summed E-state index contributed by atoms with van der Waals surface area (Å²) in [7, 11) is -4.23. The highest BCUT2D eigenvalue weighted by Crippen LogP contribution is 2.10. The van der Waals surface area contributed by atoms with Crippen LogP contribution < -0.4 is 4.72 Å². The van der Waals surface area contributed by atoms with Gasteiger partial charge in [0.2, 0.25) is 0 Å². The Morgan fingerprint density at radius 2 is 1.24 bits per heavy atom. The zero-order valence-corrected chi connectivity index (χ0v) is 11.7. The fourth-order valence-corrected chi connectivity index (χ4v) is 2.20. The van der Waals surface area contributed by atoms with Gasteiger partial charge in [-0.3, -0.25) is 0 Å². The molecule has 0 bridgehead atoms. The van der Waals surface area contributed by atoms with Crippen molar-refractivity contribution in [1.29, 1.82) is 0 Å². The normalized spacial score (nSPS) is 11.9. The zero-order valence-electron chi connectivity index (χ0n) is 10.9. The summed E-state index contributed by atoms with van der Waals surface area (Å²) in [5, 5.41) is 0. The largest absolute Gasteiger partial charge is 0.735 e. The average Bonchev–Trinajstić information content (AvgIpc) is 2.24. The third kappa shape index (κ3) is 15.9. The maximum atomic E-state index is 10.2. The number of rotatable bonds is 12. The molecule has 0 radical (unpaired) electrons. The molecular weight excluding hydrogens is 238 g/mol. The molecule has 0 unspecified atom stereocenters. The predicted molar refractivity (Wildman–Crippen MR) is 69.5 cm³/mol. The molecule has 1 N–H and O–H groups in total. The highest BCUT2D eigenvalue weighted by atomic mass is 32.2. The topological polar surface area (TPSA) is 69.2 Å². The second-order valence-electron chi connectivity index (χ2n) is 4.53. The number of hydrogen-bond acceptors (Lipinski definition) is 3. The summed E-state index contributed by atoms with van der Waals surface area (Å²) in [5.74, 6) is 0. The Kier molecular flexibility index (Phi) is 10.9. The average molecular weight is 264 g/mol. The van der Waals surface area contributed by atoms with E-state index in [1.165, 1.54) is 44.9 Å². The van der Waals surface area contributed by atoms with Crippen LogP contribution in [-0.4, -0.2) is 19.5 Å². The fourth-order valence-electron chi connectivity index (χ4n) is 1.81. The monoisotopic (exact) mass is 264 g/mol. The van der Waals surface area contributed by atoms with E-state index in [2.05, 4.69) is 6.92 Å². The molecule has 4 nitrogen and oxygen atoms in total. The lowest BCUT2D eigenvalue weighted by Crippen LogP contribution is -2.23. The van der Waals surface area contributed by atoms with E-state index >= 15 is 0 Å². The first-order valence-corrected chi connectivity index (χ1v) is 8.17. The smallest absolute Gasteiger partial charge is 0.159 e. The molecule has 0 fully saturated rings. The molecule has 0 aromatic heterocycles. The van der Waals surface area contributed by atoms with E-state index in [0.29, 0.717) is 0 Å². The van der Waals surface area contributed by atoms with Crippen molar-refractivity contribution in [3.8, 4) is 0 Å². The van der Waals surface area contributed by atoms with Gasteiger partial charge in [0.05, 0.1) is 0 Å². The van der Waals surface area contributed by atoms with Crippen molar-refractivity contribution in [3.63, 3.8) is 0 Å². The molecule has 5 heteroatoms.